The Bertz CT molecular complexity index is 918. The fraction of sp³-hybridized carbons (Fsp3) is 0.389. The lowest BCUT2D eigenvalue weighted by atomic mass is 10.1. The number of aryl methyl sites for hydroxylation is 1. The predicted molar refractivity (Wildman–Crippen MR) is 91.6 cm³/mol. The molecule has 0 amide bonds. The first kappa shape index (κ1) is 16.8. The molecule has 0 saturated carbocycles. The molecule has 0 aliphatic carbocycles. The topological polar surface area (TPSA) is 93.4 Å². The van der Waals surface area contributed by atoms with Crippen LogP contribution >= 0.6 is 0 Å². The first-order valence-corrected chi connectivity index (χ1v) is 8.24. The largest absolute Gasteiger partial charge is 0.423 e. The van der Waals surface area contributed by atoms with Crippen molar-refractivity contribution in [3.8, 4) is 17.5 Å². The molecular weight excluding hydrogens is 316 g/mol. The van der Waals surface area contributed by atoms with Crippen LogP contribution in [0.25, 0.3) is 11.4 Å². The van der Waals surface area contributed by atoms with Gasteiger partial charge in [0, 0.05) is 12.0 Å². The number of rotatable bonds is 5. The molecule has 0 radical (unpaired) electrons. The van der Waals surface area contributed by atoms with Crippen molar-refractivity contribution in [3.63, 3.8) is 0 Å². The molecule has 0 N–H and O–H groups in total. The number of hydrogen-bond donors (Lipinski definition) is 0. The number of nitriles is 1. The Morgan fingerprint density at radius 2 is 1.96 bits per heavy atom. The van der Waals surface area contributed by atoms with Gasteiger partial charge in [-0.3, -0.25) is 4.57 Å². The maximum absolute atomic E-state index is 9.12. The van der Waals surface area contributed by atoms with E-state index in [1.807, 2.05) is 30.5 Å². The molecule has 1 atom stereocenters. The average molecular weight is 336 g/mol. The number of benzene rings is 1. The van der Waals surface area contributed by atoms with Gasteiger partial charge in [-0.05, 0) is 31.9 Å². The molecule has 7 heteroatoms. The van der Waals surface area contributed by atoms with Crippen molar-refractivity contribution in [1.29, 1.82) is 5.26 Å². The zero-order chi connectivity index (χ0) is 18.0. The Kier molecular flexibility index (Phi) is 4.61. The van der Waals surface area contributed by atoms with Crippen LogP contribution in [-0.4, -0.2) is 25.0 Å². The minimum atomic E-state index is -0.204. The van der Waals surface area contributed by atoms with E-state index in [0.29, 0.717) is 29.1 Å². The summed E-state index contributed by atoms with van der Waals surface area (Å²) in [5, 5.41) is 25.9. The van der Waals surface area contributed by atoms with Gasteiger partial charge in [-0.15, -0.1) is 20.4 Å². The minimum absolute atomic E-state index is 0.204. The lowest BCUT2D eigenvalue weighted by molar-refractivity contribution is 0.387. The molecule has 1 aromatic carbocycles. The summed E-state index contributed by atoms with van der Waals surface area (Å²) in [5.74, 6) is 3.02. The maximum atomic E-state index is 9.12. The van der Waals surface area contributed by atoms with Crippen LogP contribution in [0.3, 0.4) is 0 Å². The van der Waals surface area contributed by atoms with Gasteiger partial charge in [0.15, 0.2) is 5.82 Å². The van der Waals surface area contributed by atoms with E-state index in [2.05, 4.69) is 40.3 Å². The van der Waals surface area contributed by atoms with Crippen molar-refractivity contribution in [2.75, 3.05) is 0 Å². The molecule has 0 saturated heterocycles. The quantitative estimate of drug-likeness (QED) is 0.709. The summed E-state index contributed by atoms with van der Waals surface area (Å²) in [6, 6.07) is 9.24. The molecule has 7 nitrogen and oxygen atoms in total. The third-order valence-corrected chi connectivity index (χ3v) is 3.93. The normalized spacial score (nSPS) is 12.3. The third-order valence-electron chi connectivity index (χ3n) is 3.93. The van der Waals surface area contributed by atoms with Crippen LogP contribution in [-0.2, 0) is 6.42 Å². The van der Waals surface area contributed by atoms with E-state index in [0.717, 1.165) is 17.8 Å². The lowest BCUT2D eigenvalue weighted by Crippen LogP contribution is -2.11. The Hall–Kier alpha value is -3.01. The fourth-order valence-electron chi connectivity index (χ4n) is 2.74. The van der Waals surface area contributed by atoms with Crippen LogP contribution in [0.4, 0.5) is 0 Å². The Morgan fingerprint density at radius 3 is 2.68 bits per heavy atom. The standard InChI is InChI=1S/C18H20N6O/c1-11(2)8-16-21-23-18(25-16)12(3)24-13(4)20-22-17(24)15-7-5-6-14(9-15)10-19/h5-7,9,11-12H,8H2,1-4H3/t12-/m1/s1. The monoisotopic (exact) mass is 336 g/mol. The molecule has 3 aromatic rings. The average Bonchev–Trinajstić information content (AvgIpc) is 3.20. The van der Waals surface area contributed by atoms with Gasteiger partial charge in [0.1, 0.15) is 11.9 Å². The van der Waals surface area contributed by atoms with Crippen LogP contribution in [0.5, 0.6) is 0 Å². The second kappa shape index (κ2) is 6.85. The van der Waals surface area contributed by atoms with Crippen LogP contribution in [0, 0.1) is 24.2 Å². The van der Waals surface area contributed by atoms with Crippen molar-refractivity contribution in [1.82, 2.24) is 25.0 Å². The predicted octanol–water partition coefficient (Wildman–Crippen LogP) is 3.32. The summed E-state index contributed by atoms with van der Waals surface area (Å²) in [7, 11) is 0. The van der Waals surface area contributed by atoms with Crippen LogP contribution in [0.15, 0.2) is 28.7 Å². The Morgan fingerprint density at radius 1 is 1.16 bits per heavy atom. The highest BCUT2D eigenvalue weighted by Crippen LogP contribution is 2.26. The van der Waals surface area contributed by atoms with E-state index < -0.39 is 0 Å². The van der Waals surface area contributed by atoms with Gasteiger partial charge in [-0.25, -0.2) is 0 Å². The molecule has 0 fully saturated rings. The van der Waals surface area contributed by atoms with Crippen LogP contribution < -0.4 is 0 Å². The van der Waals surface area contributed by atoms with E-state index in [9.17, 15) is 0 Å². The molecule has 128 valence electrons. The first-order valence-electron chi connectivity index (χ1n) is 8.24. The molecule has 0 bridgehead atoms. The second-order valence-corrected chi connectivity index (χ2v) is 6.44. The molecule has 0 unspecified atom stereocenters. The van der Waals surface area contributed by atoms with E-state index >= 15 is 0 Å². The Labute approximate surface area is 146 Å². The third kappa shape index (κ3) is 3.43. The summed E-state index contributed by atoms with van der Waals surface area (Å²) in [4.78, 5) is 0. The van der Waals surface area contributed by atoms with Crippen molar-refractivity contribution < 1.29 is 4.42 Å². The van der Waals surface area contributed by atoms with Crippen LogP contribution in [0.1, 0.15) is 50.0 Å². The molecule has 0 aliphatic heterocycles. The zero-order valence-corrected chi connectivity index (χ0v) is 14.8. The zero-order valence-electron chi connectivity index (χ0n) is 14.8. The summed E-state index contributed by atoms with van der Waals surface area (Å²) in [6.07, 6.45) is 0.748. The molecule has 0 spiro atoms. The van der Waals surface area contributed by atoms with E-state index in [-0.39, 0.29) is 6.04 Å². The molecule has 2 heterocycles. The second-order valence-electron chi connectivity index (χ2n) is 6.44. The molecule has 3 rings (SSSR count). The molecule has 2 aromatic heterocycles. The summed E-state index contributed by atoms with van der Waals surface area (Å²) < 4.78 is 7.77. The van der Waals surface area contributed by atoms with Gasteiger partial charge in [0.25, 0.3) is 0 Å². The van der Waals surface area contributed by atoms with Gasteiger partial charge < -0.3 is 4.42 Å². The van der Waals surface area contributed by atoms with E-state index in [1.54, 1.807) is 12.1 Å². The molecular formula is C18H20N6O. The summed E-state index contributed by atoms with van der Waals surface area (Å²) in [5.41, 5.74) is 1.41. The van der Waals surface area contributed by atoms with Crippen molar-refractivity contribution >= 4 is 0 Å². The highest BCUT2D eigenvalue weighted by Gasteiger charge is 2.22. The van der Waals surface area contributed by atoms with Crippen molar-refractivity contribution in [3.05, 3.63) is 47.4 Å². The Balaban J connectivity index is 1.98. The minimum Gasteiger partial charge on any atom is -0.423 e. The molecule has 0 aliphatic rings. The lowest BCUT2D eigenvalue weighted by Gasteiger charge is -2.14. The highest BCUT2D eigenvalue weighted by molar-refractivity contribution is 5.58. The molecule has 25 heavy (non-hydrogen) atoms. The van der Waals surface area contributed by atoms with Crippen molar-refractivity contribution in [2.45, 2.75) is 40.2 Å². The number of nitrogens with zero attached hydrogens (tertiary/aromatic N) is 6. The summed E-state index contributed by atoms with van der Waals surface area (Å²) >= 11 is 0. The summed E-state index contributed by atoms with van der Waals surface area (Å²) in [6.45, 7) is 8.07. The van der Waals surface area contributed by atoms with Gasteiger partial charge in [-0.2, -0.15) is 5.26 Å². The highest BCUT2D eigenvalue weighted by atomic mass is 16.4. The van der Waals surface area contributed by atoms with E-state index in [1.165, 1.54) is 0 Å². The SMILES string of the molecule is Cc1nnc(-c2cccc(C#N)c2)n1[C@H](C)c1nnc(CC(C)C)o1. The number of hydrogen-bond acceptors (Lipinski definition) is 6. The van der Waals surface area contributed by atoms with Crippen LogP contribution in [0.2, 0.25) is 0 Å². The fourth-order valence-corrected chi connectivity index (χ4v) is 2.74. The van der Waals surface area contributed by atoms with Gasteiger partial charge in [-0.1, -0.05) is 26.0 Å². The first-order chi connectivity index (χ1) is 12.0. The van der Waals surface area contributed by atoms with E-state index in [4.69, 9.17) is 9.68 Å². The van der Waals surface area contributed by atoms with Crippen molar-refractivity contribution in [2.24, 2.45) is 5.92 Å². The number of aromatic nitrogens is 5. The van der Waals surface area contributed by atoms with Gasteiger partial charge >= 0.3 is 0 Å². The van der Waals surface area contributed by atoms with Gasteiger partial charge in [0.05, 0.1) is 11.6 Å². The smallest absolute Gasteiger partial charge is 0.239 e. The van der Waals surface area contributed by atoms with Gasteiger partial charge in [0.2, 0.25) is 11.8 Å². The maximum Gasteiger partial charge on any atom is 0.239 e.